The molecule has 0 N–H and O–H groups in total. The molecule has 13 heavy (non-hydrogen) atoms. The van der Waals surface area contributed by atoms with Gasteiger partial charge in [0.2, 0.25) is 11.8 Å². The molecular weight excluding hydrogens is 209 g/mol. The van der Waals surface area contributed by atoms with E-state index in [2.05, 4.69) is 0 Å². The Morgan fingerprint density at radius 3 is 2.85 bits per heavy atom. The number of aryl methyl sites for hydroxylation is 1. The molecule has 2 rings (SSSR count). The number of fused-ring (bicyclic) bond motifs is 1. The third-order valence-corrected chi connectivity index (χ3v) is 2.34. The summed E-state index contributed by atoms with van der Waals surface area (Å²) in [5.41, 5.74) is 0.688. The Hall–Kier alpha value is -0.730. The summed E-state index contributed by atoms with van der Waals surface area (Å²) in [5.74, 6) is 0. The summed E-state index contributed by atoms with van der Waals surface area (Å²) in [4.78, 5) is 0. The molecule has 0 saturated carbocycles. The number of hydrogen-bond donors (Lipinski definition) is 0. The Morgan fingerprint density at radius 2 is 2.15 bits per heavy atom. The molecule has 1 aromatic heterocycles. The molecule has 0 saturated heterocycles. The van der Waals surface area contributed by atoms with Gasteiger partial charge in [0.05, 0.1) is 10.4 Å². The van der Waals surface area contributed by atoms with E-state index in [0.29, 0.717) is 15.6 Å². The Labute approximate surface area is 85.6 Å². The van der Waals surface area contributed by atoms with E-state index in [1.165, 1.54) is 0 Å². The van der Waals surface area contributed by atoms with Gasteiger partial charge in [-0.1, -0.05) is 23.2 Å². The second-order valence-electron chi connectivity index (χ2n) is 2.76. The lowest BCUT2D eigenvalue weighted by Crippen LogP contribution is -2.27. The van der Waals surface area contributed by atoms with Crippen molar-refractivity contribution in [1.29, 1.82) is 0 Å². The summed E-state index contributed by atoms with van der Waals surface area (Å²) >= 11 is 11.8. The quantitative estimate of drug-likeness (QED) is 0.671. The molecule has 4 heteroatoms. The summed E-state index contributed by atoms with van der Waals surface area (Å²) in [5, 5.41) is 2.11. The van der Waals surface area contributed by atoms with Crippen LogP contribution in [0.2, 0.25) is 10.0 Å². The van der Waals surface area contributed by atoms with E-state index in [1.54, 1.807) is 10.8 Å². The highest BCUT2D eigenvalue weighted by atomic mass is 35.5. The van der Waals surface area contributed by atoms with Crippen molar-refractivity contribution in [2.75, 3.05) is 0 Å². The molecule has 2 nitrogen and oxygen atoms in total. The number of aromatic nitrogens is 1. The first-order chi connectivity index (χ1) is 6.20. The first-order valence-corrected chi connectivity index (χ1v) is 4.75. The zero-order valence-electron chi connectivity index (χ0n) is 7.05. The van der Waals surface area contributed by atoms with Crippen molar-refractivity contribution in [2.45, 2.75) is 13.5 Å². The molecule has 0 spiro atoms. The minimum Gasteiger partial charge on any atom is -0.235 e. The van der Waals surface area contributed by atoms with Crippen molar-refractivity contribution in [3.05, 3.63) is 28.4 Å². The molecule has 0 fully saturated rings. The van der Waals surface area contributed by atoms with E-state index in [4.69, 9.17) is 27.7 Å². The zero-order chi connectivity index (χ0) is 9.42. The fourth-order valence-electron chi connectivity index (χ4n) is 1.23. The van der Waals surface area contributed by atoms with Crippen LogP contribution in [-0.2, 0) is 6.54 Å². The largest absolute Gasteiger partial charge is 0.235 e. The first kappa shape index (κ1) is 8.85. The molecule has 0 aliphatic carbocycles. The van der Waals surface area contributed by atoms with Crippen molar-refractivity contribution in [3.8, 4) is 0 Å². The molecule has 68 valence electrons. The van der Waals surface area contributed by atoms with E-state index in [0.717, 1.165) is 11.9 Å². The van der Waals surface area contributed by atoms with E-state index >= 15 is 0 Å². The molecule has 0 amide bonds. The number of rotatable bonds is 1. The predicted octanol–water partition coefficient (Wildman–Crippen LogP) is 3.05. The summed E-state index contributed by atoms with van der Waals surface area (Å²) in [6, 6.07) is 3.51. The van der Waals surface area contributed by atoms with Crippen molar-refractivity contribution in [3.63, 3.8) is 0 Å². The van der Waals surface area contributed by atoms with E-state index in [1.807, 2.05) is 19.2 Å². The second kappa shape index (κ2) is 3.20. The normalized spacial score (nSPS) is 11.0. The second-order valence-corrected chi connectivity index (χ2v) is 3.60. The maximum Gasteiger partial charge on any atom is 0.235 e. The fraction of sp³-hybridized carbons (Fsp3) is 0.222. The van der Waals surface area contributed by atoms with Crippen molar-refractivity contribution in [1.82, 2.24) is 0 Å². The van der Waals surface area contributed by atoms with Crippen LogP contribution in [0.1, 0.15) is 6.92 Å². The van der Waals surface area contributed by atoms with E-state index in [-0.39, 0.29) is 0 Å². The molecular formula is C9H8Cl2NO+. The lowest BCUT2D eigenvalue weighted by atomic mass is 10.3. The number of nitrogens with zero attached hydrogens (tertiary/aromatic N) is 1. The summed E-state index contributed by atoms with van der Waals surface area (Å²) < 4.78 is 7.14. The molecule has 0 bridgehead atoms. The lowest BCUT2D eigenvalue weighted by molar-refractivity contribution is -0.857. The topological polar surface area (TPSA) is 17.0 Å². The van der Waals surface area contributed by atoms with Gasteiger partial charge in [-0.15, -0.1) is 0 Å². The van der Waals surface area contributed by atoms with Crippen LogP contribution in [0.5, 0.6) is 0 Å². The van der Waals surface area contributed by atoms with Crippen molar-refractivity contribution in [2.24, 2.45) is 0 Å². The minimum absolute atomic E-state index is 0.551. The van der Waals surface area contributed by atoms with Gasteiger partial charge in [-0.05, 0) is 23.8 Å². The Balaban J connectivity index is 2.75. The van der Waals surface area contributed by atoms with Crippen LogP contribution in [0, 0.1) is 0 Å². The van der Waals surface area contributed by atoms with Gasteiger partial charge in [-0.2, -0.15) is 0 Å². The molecule has 1 aromatic carbocycles. The Morgan fingerprint density at radius 1 is 1.38 bits per heavy atom. The van der Waals surface area contributed by atoms with Gasteiger partial charge in [-0.25, -0.2) is 4.52 Å². The van der Waals surface area contributed by atoms with Gasteiger partial charge in [0.15, 0.2) is 6.54 Å². The third-order valence-electron chi connectivity index (χ3n) is 1.84. The highest BCUT2D eigenvalue weighted by molar-refractivity contribution is 6.38. The number of halogens is 2. The number of benzene rings is 1. The van der Waals surface area contributed by atoms with Gasteiger partial charge in [0.25, 0.3) is 0 Å². The maximum absolute atomic E-state index is 5.94. The lowest BCUT2D eigenvalue weighted by Gasteiger charge is -1.89. The monoisotopic (exact) mass is 216 g/mol. The summed E-state index contributed by atoms with van der Waals surface area (Å²) in [6.07, 6.45) is 1.88. The molecule has 1 heterocycles. The SMILES string of the molecule is CC[n+]1cc2cc(Cl)cc(Cl)c2o1. The van der Waals surface area contributed by atoms with Crippen LogP contribution < -0.4 is 4.74 Å². The van der Waals surface area contributed by atoms with Crippen LogP contribution >= 0.6 is 23.2 Å². The fourth-order valence-corrected chi connectivity index (χ4v) is 1.77. The summed E-state index contributed by atoms with van der Waals surface area (Å²) in [7, 11) is 0. The van der Waals surface area contributed by atoms with Crippen LogP contribution in [0.25, 0.3) is 11.0 Å². The average Bonchev–Trinajstić information content (AvgIpc) is 2.47. The van der Waals surface area contributed by atoms with Gasteiger partial charge in [0, 0.05) is 5.02 Å². The van der Waals surface area contributed by atoms with Crippen molar-refractivity contribution >= 4 is 34.2 Å². The predicted molar refractivity (Wildman–Crippen MR) is 52.1 cm³/mol. The van der Waals surface area contributed by atoms with Gasteiger partial charge in [0.1, 0.15) is 0 Å². The first-order valence-electron chi connectivity index (χ1n) is 3.99. The maximum atomic E-state index is 5.94. The van der Waals surface area contributed by atoms with Gasteiger partial charge >= 0.3 is 0 Å². The number of hydrogen-bond acceptors (Lipinski definition) is 1. The van der Waals surface area contributed by atoms with E-state index < -0.39 is 0 Å². The Bertz CT molecular complexity index is 450. The zero-order valence-corrected chi connectivity index (χ0v) is 8.56. The minimum atomic E-state index is 0.551. The standard InChI is InChI=1S/C9H8Cl2NO/c1-2-12-5-6-3-7(10)4-8(11)9(6)13-12/h3-5H,2H2,1H3/q+1. The van der Waals surface area contributed by atoms with Gasteiger partial charge in [-0.3, -0.25) is 0 Å². The molecule has 0 aliphatic rings. The summed E-state index contributed by atoms with van der Waals surface area (Å²) in [6.45, 7) is 2.78. The van der Waals surface area contributed by atoms with Crippen LogP contribution in [0.4, 0.5) is 0 Å². The van der Waals surface area contributed by atoms with E-state index in [9.17, 15) is 0 Å². The van der Waals surface area contributed by atoms with Crippen LogP contribution in [-0.4, -0.2) is 0 Å². The van der Waals surface area contributed by atoms with Gasteiger partial charge < -0.3 is 0 Å². The molecule has 0 radical (unpaired) electrons. The highest BCUT2D eigenvalue weighted by Gasteiger charge is 2.12. The third kappa shape index (κ3) is 1.52. The van der Waals surface area contributed by atoms with Crippen LogP contribution in [0.15, 0.2) is 22.9 Å². The molecule has 0 unspecified atom stereocenters. The highest BCUT2D eigenvalue weighted by Crippen LogP contribution is 2.26. The van der Waals surface area contributed by atoms with Crippen molar-refractivity contribution < 1.29 is 9.26 Å². The Kier molecular flexibility index (Phi) is 2.18. The molecule has 0 aliphatic heterocycles. The average molecular weight is 217 g/mol. The van der Waals surface area contributed by atoms with Crippen LogP contribution in [0.3, 0.4) is 0 Å². The smallest absolute Gasteiger partial charge is 0.235 e. The molecule has 0 atom stereocenters. The molecule has 2 aromatic rings.